The molecular formula is C19H24O4. The largest absolute Gasteiger partial charge is 0.481 e. The molecule has 5 atom stereocenters. The second-order valence-corrected chi connectivity index (χ2v) is 7.25. The van der Waals surface area contributed by atoms with Crippen molar-refractivity contribution in [3.8, 4) is 0 Å². The highest BCUT2D eigenvalue weighted by Gasteiger charge is 2.43. The van der Waals surface area contributed by atoms with Gasteiger partial charge in [-0.25, -0.2) is 0 Å². The first-order valence-corrected chi connectivity index (χ1v) is 8.54. The highest BCUT2D eigenvalue weighted by molar-refractivity contribution is 5.80. The quantitative estimate of drug-likeness (QED) is 0.808. The minimum atomic E-state index is -0.996. The average molecular weight is 316 g/mol. The van der Waals surface area contributed by atoms with E-state index in [1.807, 2.05) is 30.3 Å². The molecule has 4 nitrogen and oxygen atoms in total. The van der Waals surface area contributed by atoms with Gasteiger partial charge in [0, 0.05) is 0 Å². The Morgan fingerprint density at radius 3 is 2.22 bits per heavy atom. The van der Waals surface area contributed by atoms with Crippen LogP contribution in [0.4, 0.5) is 0 Å². The van der Waals surface area contributed by atoms with E-state index in [1.54, 1.807) is 0 Å². The average Bonchev–Trinajstić information content (AvgIpc) is 3.14. The molecule has 0 spiro atoms. The summed E-state index contributed by atoms with van der Waals surface area (Å²) in [6.07, 6.45) is 5.57. The zero-order valence-electron chi connectivity index (χ0n) is 13.2. The van der Waals surface area contributed by atoms with E-state index >= 15 is 0 Å². The minimum Gasteiger partial charge on any atom is -0.481 e. The summed E-state index contributed by atoms with van der Waals surface area (Å²) in [6.45, 7) is 0. The van der Waals surface area contributed by atoms with Gasteiger partial charge in [0.05, 0.1) is 11.8 Å². The van der Waals surface area contributed by atoms with Crippen molar-refractivity contribution in [3.05, 3.63) is 35.9 Å². The Bertz CT molecular complexity index is 568. The predicted molar refractivity (Wildman–Crippen MR) is 86.0 cm³/mol. The van der Waals surface area contributed by atoms with Crippen LogP contribution < -0.4 is 0 Å². The van der Waals surface area contributed by atoms with E-state index in [0.29, 0.717) is 18.3 Å². The molecule has 2 aliphatic rings. The summed E-state index contributed by atoms with van der Waals surface area (Å²) >= 11 is 0. The first-order valence-electron chi connectivity index (χ1n) is 8.54. The lowest BCUT2D eigenvalue weighted by atomic mass is 9.76. The predicted octanol–water partition coefficient (Wildman–Crippen LogP) is 3.46. The minimum absolute atomic E-state index is 0.286. The van der Waals surface area contributed by atoms with Crippen LogP contribution >= 0.6 is 0 Å². The van der Waals surface area contributed by atoms with Gasteiger partial charge in [-0.05, 0) is 55.4 Å². The molecule has 0 radical (unpaired) electrons. The number of aliphatic carboxylic acids is 2. The van der Waals surface area contributed by atoms with Gasteiger partial charge in [0.2, 0.25) is 0 Å². The first kappa shape index (κ1) is 16.0. The highest BCUT2D eigenvalue weighted by Crippen LogP contribution is 2.51. The van der Waals surface area contributed by atoms with Crippen LogP contribution in [-0.4, -0.2) is 22.2 Å². The van der Waals surface area contributed by atoms with Crippen molar-refractivity contribution in [2.24, 2.45) is 29.6 Å². The van der Waals surface area contributed by atoms with Crippen LogP contribution in [0.1, 0.15) is 37.7 Å². The molecule has 3 rings (SSSR count). The third kappa shape index (κ3) is 3.57. The molecule has 0 saturated heterocycles. The van der Waals surface area contributed by atoms with Gasteiger partial charge in [-0.1, -0.05) is 36.8 Å². The number of rotatable bonds is 7. The molecule has 0 aliphatic heterocycles. The first-order chi connectivity index (χ1) is 11.0. The van der Waals surface area contributed by atoms with E-state index in [9.17, 15) is 19.8 Å². The van der Waals surface area contributed by atoms with E-state index in [4.69, 9.17) is 0 Å². The van der Waals surface area contributed by atoms with Gasteiger partial charge in [-0.15, -0.1) is 0 Å². The Morgan fingerprint density at radius 1 is 1.00 bits per heavy atom. The molecule has 0 aromatic heterocycles. The SMILES string of the molecule is O=C(O)[C@@H](Cc1ccccc1)[C@H](C[C@H]1C[C@@H]2CC[C@H]1C2)C(=O)O. The van der Waals surface area contributed by atoms with Crippen LogP contribution in [0.15, 0.2) is 30.3 Å². The molecule has 2 fully saturated rings. The summed E-state index contributed by atoms with van der Waals surface area (Å²) in [6, 6.07) is 9.34. The summed E-state index contributed by atoms with van der Waals surface area (Å²) < 4.78 is 0. The molecule has 2 bridgehead atoms. The molecule has 1 aromatic carbocycles. The van der Waals surface area contributed by atoms with Crippen LogP contribution in [0.3, 0.4) is 0 Å². The normalized spacial score (nSPS) is 28.4. The van der Waals surface area contributed by atoms with Gasteiger partial charge in [0.25, 0.3) is 0 Å². The van der Waals surface area contributed by atoms with Crippen molar-refractivity contribution in [2.75, 3.05) is 0 Å². The Morgan fingerprint density at radius 2 is 1.70 bits per heavy atom. The van der Waals surface area contributed by atoms with Crippen molar-refractivity contribution in [1.29, 1.82) is 0 Å². The summed E-state index contributed by atoms with van der Waals surface area (Å²) in [5, 5.41) is 19.2. The number of carbonyl (C=O) groups is 2. The van der Waals surface area contributed by atoms with Crippen molar-refractivity contribution < 1.29 is 19.8 Å². The van der Waals surface area contributed by atoms with Crippen molar-refractivity contribution in [3.63, 3.8) is 0 Å². The fourth-order valence-electron chi connectivity index (χ4n) is 4.70. The van der Waals surface area contributed by atoms with Crippen LogP contribution in [0.5, 0.6) is 0 Å². The maximum Gasteiger partial charge on any atom is 0.307 e. The highest BCUT2D eigenvalue weighted by atomic mass is 16.4. The number of carboxylic acids is 2. The summed E-state index contributed by atoms with van der Waals surface area (Å²) in [4.78, 5) is 23.5. The zero-order chi connectivity index (χ0) is 16.4. The van der Waals surface area contributed by atoms with Crippen molar-refractivity contribution >= 4 is 11.9 Å². The Kier molecular flexibility index (Phi) is 4.69. The van der Waals surface area contributed by atoms with Gasteiger partial charge in [-0.2, -0.15) is 0 Å². The molecule has 1 aromatic rings. The summed E-state index contributed by atoms with van der Waals surface area (Å²) in [7, 11) is 0. The molecule has 2 saturated carbocycles. The third-order valence-electron chi connectivity index (χ3n) is 5.86. The maximum atomic E-state index is 11.8. The van der Waals surface area contributed by atoms with Crippen LogP contribution in [0, 0.1) is 29.6 Å². The molecule has 2 N–H and O–H groups in total. The fourth-order valence-corrected chi connectivity index (χ4v) is 4.70. The second-order valence-electron chi connectivity index (χ2n) is 7.25. The molecule has 124 valence electrons. The topological polar surface area (TPSA) is 74.6 Å². The maximum absolute atomic E-state index is 11.8. The summed E-state index contributed by atoms with van der Waals surface area (Å²) in [5.74, 6) is -1.84. The van der Waals surface area contributed by atoms with E-state index in [-0.39, 0.29) is 6.42 Å². The number of carboxylic acid groups (broad SMARTS) is 2. The fraction of sp³-hybridized carbons (Fsp3) is 0.579. The lowest BCUT2D eigenvalue weighted by molar-refractivity contribution is -0.154. The monoisotopic (exact) mass is 316 g/mol. The molecular weight excluding hydrogens is 292 g/mol. The molecule has 23 heavy (non-hydrogen) atoms. The van der Waals surface area contributed by atoms with Crippen LogP contribution in [0.2, 0.25) is 0 Å². The number of hydrogen-bond acceptors (Lipinski definition) is 2. The summed E-state index contributed by atoms with van der Waals surface area (Å²) in [5.41, 5.74) is 0.888. The lowest BCUT2D eigenvalue weighted by Crippen LogP contribution is -2.34. The molecule has 4 heteroatoms. The molecule has 0 unspecified atom stereocenters. The van der Waals surface area contributed by atoms with E-state index in [2.05, 4.69) is 0 Å². The smallest absolute Gasteiger partial charge is 0.307 e. The van der Waals surface area contributed by atoms with Crippen molar-refractivity contribution in [2.45, 2.75) is 38.5 Å². The number of benzene rings is 1. The number of fused-ring (bicyclic) bond motifs is 2. The van der Waals surface area contributed by atoms with Crippen LogP contribution in [-0.2, 0) is 16.0 Å². The van der Waals surface area contributed by atoms with Gasteiger partial charge in [0.15, 0.2) is 0 Å². The third-order valence-corrected chi connectivity index (χ3v) is 5.86. The van der Waals surface area contributed by atoms with E-state index in [0.717, 1.165) is 17.9 Å². The molecule has 0 amide bonds. The standard InChI is InChI=1S/C19H24O4/c20-18(21)16(10-12-4-2-1-3-5-12)17(19(22)23)11-15-9-13-6-7-14(15)8-13/h1-5,13-17H,6-11H2,(H,20,21)(H,22,23)/t13-,14+,15-,16+,17+/m1/s1. The number of hydrogen-bond donors (Lipinski definition) is 2. The Hall–Kier alpha value is -1.84. The second kappa shape index (κ2) is 6.73. The van der Waals surface area contributed by atoms with Gasteiger partial charge in [0.1, 0.15) is 0 Å². The van der Waals surface area contributed by atoms with Crippen molar-refractivity contribution in [1.82, 2.24) is 0 Å². The van der Waals surface area contributed by atoms with Gasteiger partial charge in [-0.3, -0.25) is 9.59 Å². The van der Waals surface area contributed by atoms with Gasteiger partial charge >= 0.3 is 11.9 Å². The Balaban J connectivity index is 1.73. The Labute approximate surface area is 136 Å². The zero-order valence-corrected chi connectivity index (χ0v) is 13.2. The van der Waals surface area contributed by atoms with Gasteiger partial charge < -0.3 is 10.2 Å². The lowest BCUT2D eigenvalue weighted by Gasteiger charge is -2.28. The van der Waals surface area contributed by atoms with Crippen LogP contribution in [0.25, 0.3) is 0 Å². The van der Waals surface area contributed by atoms with E-state index < -0.39 is 23.8 Å². The van der Waals surface area contributed by atoms with E-state index in [1.165, 1.54) is 19.3 Å². The molecule has 2 aliphatic carbocycles. The molecule has 0 heterocycles.